The van der Waals surface area contributed by atoms with E-state index in [1.807, 2.05) is 36.5 Å². The van der Waals surface area contributed by atoms with Gasteiger partial charge in [0, 0.05) is 11.8 Å². The van der Waals surface area contributed by atoms with Crippen LogP contribution in [0.25, 0.3) is 0 Å². The van der Waals surface area contributed by atoms with Crippen molar-refractivity contribution in [3.63, 3.8) is 0 Å². The van der Waals surface area contributed by atoms with Crippen LogP contribution in [0.4, 0.5) is 0 Å². The lowest BCUT2D eigenvalue weighted by atomic mass is 10.0. The van der Waals surface area contributed by atoms with E-state index in [-0.39, 0.29) is 0 Å². The summed E-state index contributed by atoms with van der Waals surface area (Å²) < 4.78 is 5.37. The first-order chi connectivity index (χ1) is 12.5. The number of aliphatic imine (C=N–C) groups is 1. The second kappa shape index (κ2) is 11.4. The summed E-state index contributed by atoms with van der Waals surface area (Å²) >= 11 is 0. The third-order valence-corrected chi connectivity index (χ3v) is 3.42. The molecule has 1 aliphatic carbocycles. The maximum Gasteiger partial charge on any atom is 0.145 e. The van der Waals surface area contributed by atoms with Gasteiger partial charge in [-0.3, -0.25) is 4.99 Å². The summed E-state index contributed by atoms with van der Waals surface area (Å²) in [5.74, 6) is 0.696. The average molecular weight is 345 g/mol. The van der Waals surface area contributed by atoms with Crippen molar-refractivity contribution in [2.75, 3.05) is 0 Å². The Labute approximate surface area is 157 Å². The lowest BCUT2D eigenvalue weighted by molar-refractivity contribution is 0.381. The Hall–Kier alpha value is -3.13. The van der Waals surface area contributed by atoms with Crippen LogP contribution in [-0.4, -0.2) is 5.71 Å². The SMILES string of the molecule is C=CC\C=C/N=C(C(=C)OC=C)/C1=C/C(=C)/C=C\C(C)/C=C\C(=C)C=C1. The number of rotatable bonds is 7. The van der Waals surface area contributed by atoms with Crippen LogP contribution < -0.4 is 0 Å². The molecule has 0 amide bonds. The molecule has 1 aliphatic rings. The van der Waals surface area contributed by atoms with Gasteiger partial charge in [0.15, 0.2) is 0 Å². The van der Waals surface area contributed by atoms with Crippen LogP contribution in [0.2, 0.25) is 0 Å². The van der Waals surface area contributed by atoms with Crippen LogP contribution in [0.3, 0.4) is 0 Å². The van der Waals surface area contributed by atoms with Crippen molar-refractivity contribution in [2.45, 2.75) is 13.3 Å². The normalized spacial score (nSPS) is 22.9. The number of allylic oxidation sites excluding steroid dienone is 12. The monoisotopic (exact) mass is 345 g/mol. The van der Waals surface area contributed by atoms with Crippen LogP contribution >= 0.6 is 0 Å². The highest BCUT2D eigenvalue weighted by atomic mass is 16.5. The molecule has 0 aromatic heterocycles. The minimum atomic E-state index is 0.292. The first-order valence-corrected chi connectivity index (χ1v) is 8.42. The van der Waals surface area contributed by atoms with Crippen molar-refractivity contribution >= 4 is 5.71 Å². The zero-order valence-corrected chi connectivity index (χ0v) is 15.5. The molecule has 0 saturated carbocycles. The van der Waals surface area contributed by atoms with E-state index in [0.29, 0.717) is 17.4 Å². The van der Waals surface area contributed by atoms with Crippen LogP contribution in [-0.2, 0) is 4.74 Å². The first-order valence-electron chi connectivity index (χ1n) is 8.42. The molecular formula is C24H27NO. The molecule has 0 aromatic carbocycles. The topological polar surface area (TPSA) is 21.6 Å². The second-order valence-electron chi connectivity index (χ2n) is 5.75. The smallest absolute Gasteiger partial charge is 0.145 e. The fourth-order valence-corrected chi connectivity index (χ4v) is 2.06. The molecule has 134 valence electrons. The minimum Gasteiger partial charge on any atom is -0.464 e. The Morgan fingerprint density at radius 3 is 2.46 bits per heavy atom. The van der Waals surface area contributed by atoms with E-state index in [9.17, 15) is 0 Å². The van der Waals surface area contributed by atoms with Crippen molar-refractivity contribution in [3.8, 4) is 0 Å². The van der Waals surface area contributed by atoms with Crippen molar-refractivity contribution in [3.05, 3.63) is 123 Å². The molecule has 0 aliphatic heterocycles. The van der Waals surface area contributed by atoms with Gasteiger partial charge in [0.25, 0.3) is 0 Å². The molecule has 0 fully saturated rings. The number of hydrogen-bond acceptors (Lipinski definition) is 2. The molecule has 0 heterocycles. The van der Waals surface area contributed by atoms with Crippen LogP contribution in [0.15, 0.2) is 128 Å². The fraction of sp³-hybridized carbons (Fsp3) is 0.125. The van der Waals surface area contributed by atoms with Crippen LogP contribution in [0.1, 0.15) is 13.3 Å². The zero-order valence-electron chi connectivity index (χ0n) is 15.5. The Morgan fingerprint density at radius 2 is 1.81 bits per heavy atom. The highest BCUT2D eigenvalue weighted by Gasteiger charge is 2.10. The number of hydrogen-bond donors (Lipinski definition) is 0. The summed E-state index contributed by atoms with van der Waals surface area (Å²) in [6, 6.07) is 0. The Morgan fingerprint density at radius 1 is 1.12 bits per heavy atom. The lowest BCUT2D eigenvalue weighted by Crippen LogP contribution is -2.06. The zero-order chi connectivity index (χ0) is 19.4. The molecule has 0 spiro atoms. The van der Waals surface area contributed by atoms with Crippen molar-refractivity contribution < 1.29 is 4.74 Å². The third-order valence-electron chi connectivity index (χ3n) is 3.42. The first kappa shape index (κ1) is 20.9. The quantitative estimate of drug-likeness (QED) is 0.291. The third kappa shape index (κ3) is 7.63. The van der Waals surface area contributed by atoms with Crippen LogP contribution in [0, 0.1) is 5.92 Å². The van der Waals surface area contributed by atoms with Gasteiger partial charge in [0.1, 0.15) is 11.5 Å². The molecule has 1 unspecified atom stereocenters. The Kier molecular flexibility index (Phi) is 9.19. The second-order valence-corrected chi connectivity index (χ2v) is 5.75. The lowest BCUT2D eigenvalue weighted by Gasteiger charge is -2.10. The van der Waals surface area contributed by atoms with E-state index in [4.69, 9.17) is 4.74 Å². The molecule has 26 heavy (non-hydrogen) atoms. The van der Waals surface area contributed by atoms with Gasteiger partial charge < -0.3 is 4.74 Å². The summed E-state index contributed by atoms with van der Waals surface area (Å²) in [6.45, 7) is 21.5. The summed E-state index contributed by atoms with van der Waals surface area (Å²) in [5.41, 5.74) is 3.16. The maximum atomic E-state index is 5.37. The number of ether oxygens (including phenoxy) is 1. The average Bonchev–Trinajstić information content (AvgIpc) is 2.64. The molecule has 1 atom stereocenters. The van der Waals surface area contributed by atoms with Gasteiger partial charge in [-0.25, -0.2) is 0 Å². The highest BCUT2D eigenvalue weighted by molar-refractivity contribution is 6.13. The van der Waals surface area contributed by atoms with Gasteiger partial charge in [0.2, 0.25) is 0 Å². The standard InChI is InChI=1S/C24H27NO/c1-7-9-10-17-25-24(22(6)26-8-2)23-16-15-20(4)12-11-19(3)13-14-21(5)18-23/h7-8,10-19H,1-2,4-6,9H2,3H3/b12-11-,14-13-,16-15?,17-10-,23-18+,25-24+. The molecule has 0 saturated heterocycles. The van der Waals surface area contributed by atoms with Gasteiger partial charge >= 0.3 is 0 Å². The maximum absolute atomic E-state index is 5.37. The molecule has 1 rings (SSSR count). The fourth-order valence-electron chi connectivity index (χ4n) is 2.06. The van der Waals surface area contributed by atoms with Gasteiger partial charge in [-0.1, -0.05) is 81.8 Å². The molecule has 0 bridgehead atoms. The Balaban J connectivity index is 3.39. The Bertz CT molecular complexity index is 751. The summed E-state index contributed by atoms with van der Waals surface area (Å²) in [4.78, 5) is 4.51. The van der Waals surface area contributed by atoms with Crippen molar-refractivity contribution in [2.24, 2.45) is 10.9 Å². The molecular weight excluding hydrogens is 318 g/mol. The number of nitrogens with zero attached hydrogens (tertiary/aromatic N) is 1. The molecule has 2 nitrogen and oxygen atoms in total. The van der Waals surface area contributed by atoms with Gasteiger partial charge in [-0.2, -0.15) is 0 Å². The van der Waals surface area contributed by atoms with E-state index in [0.717, 1.165) is 23.1 Å². The van der Waals surface area contributed by atoms with Gasteiger partial charge in [-0.15, -0.1) is 6.58 Å². The molecule has 0 aromatic rings. The largest absolute Gasteiger partial charge is 0.464 e. The minimum absolute atomic E-state index is 0.292. The van der Waals surface area contributed by atoms with Crippen molar-refractivity contribution in [1.82, 2.24) is 0 Å². The molecule has 2 heteroatoms. The predicted molar refractivity (Wildman–Crippen MR) is 115 cm³/mol. The van der Waals surface area contributed by atoms with Gasteiger partial charge in [0.05, 0.1) is 6.26 Å². The van der Waals surface area contributed by atoms with E-state index in [1.54, 1.807) is 12.3 Å². The van der Waals surface area contributed by atoms with Gasteiger partial charge in [-0.05, 0) is 29.6 Å². The van der Waals surface area contributed by atoms with Crippen molar-refractivity contribution in [1.29, 1.82) is 0 Å². The summed E-state index contributed by atoms with van der Waals surface area (Å²) in [5, 5.41) is 0. The molecule has 0 N–H and O–H groups in total. The summed E-state index contributed by atoms with van der Waals surface area (Å²) in [6.07, 6.45) is 21.4. The molecule has 0 radical (unpaired) electrons. The van der Waals surface area contributed by atoms with E-state index >= 15 is 0 Å². The van der Waals surface area contributed by atoms with E-state index in [1.165, 1.54) is 6.26 Å². The van der Waals surface area contributed by atoms with E-state index < -0.39 is 0 Å². The predicted octanol–water partition coefficient (Wildman–Crippen LogP) is 6.55. The highest BCUT2D eigenvalue weighted by Crippen LogP contribution is 2.17. The van der Waals surface area contributed by atoms with E-state index in [2.05, 4.69) is 57.0 Å². The van der Waals surface area contributed by atoms with Crippen LogP contribution in [0.5, 0.6) is 0 Å². The summed E-state index contributed by atoms with van der Waals surface area (Å²) in [7, 11) is 0.